The Hall–Kier alpha value is -1.55. The normalized spacial score (nSPS) is 19.1. The van der Waals surface area contributed by atoms with Gasteiger partial charge in [0.25, 0.3) is 0 Å². The maximum absolute atomic E-state index is 5.82. The lowest BCUT2D eigenvalue weighted by molar-refractivity contribution is 0.274. The van der Waals surface area contributed by atoms with Crippen molar-refractivity contribution in [2.75, 3.05) is 32.8 Å². The third-order valence-electron chi connectivity index (χ3n) is 4.17. The second kappa shape index (κ2) is 7.46. The van der Waals surface area contributed by atoms with Crippen molar-refractivity contribution >= 4 is 5.90 Å². The van der Waals surface area contributed by atoms with Gasteiger partial charge in [-0.25, -0.2) is 4.99 Å². The first-order chi connectivity index (χ1) is 10.4. The third kappa shape index (κ3) is 4.21. The average molecular weight is 288 g/mol. The van der Waals surface area contributed by atoms with E-state index < -0.39 is 0 Å². The Morgan fingerprint density at radius 1 is 1.19 bits per heavy atom. The molecule has 2 aliphatic heterocycles. The molecule has 0 radical (unpaired) electrons. The lowest BCUT2D eigenvalue weighted by Crippen LogP contribution is -2.27. The van der Waals surface area contributed by atoms with E-state index in [1.54, 1.807) is 0 Å². The SMILES string of the molecule is c1cc(C2=NCCO2)ccc1OCCCC1CCNCC1. The van der Waals surface area contributed by atoms with Crippen molar-refractivity contribution in [1.82, 2.24) is 5.32 Å². The summed E-state index contributed by atoms with van der Waals surface area (Å²) in [6.45, 7) is 4.63. The molecule has 1 saturated heterocycles. The van der Waals surface area contributed by atoms with Gasteiger partial charge in [0, 0.05) is 5.56 Å². The zero-order valence-electron chi connectivity index (χ0n) is 12.5. The van der Waals surface area contributed by atoms with Crippen molar-refractivity contribution < 1.29 is 9.47 Å². The molecule has 0 unspecified atom stereocenters. The second-order valence-corrected chi connectivity index (χ2v) is 5.74. The van der Waals surface area contributed by atoms with Gasteiger partial charge >= 0.3 is 0 Å². The summed E-state index contributed by atoms with van der Waals surface area (Å²) in [6.07, 6.45) is 5.06. The molecular weight excluding hydrogens is 264 g/mol. The van der Waals surface area contributed by atoms with Gasteiger partial charge in [-0.15, -0.1) is 0 Å². The second-order valence-electron chi connectivity index (χ2n) is 5.74. The summed E-state index contributed by atoms with van der Waals surface area (Å²) in [6, 6.07) is 8.05. The van der Waals surface area contributed by atoms with Crippen LogP contribution in [0.3, 0.4) is 0 Å². The molecule has 0 spiro atoms. The Morgan fingerprint density at radius 2 is 2.00 bits per heavy atom. The van der Waals surface area contributed by atoms with Crippen LogP contribution in [0.25, 0.3) is 0 Å². The fourth-order valence-corrected chi connectivity index (χ4v) is 2.94. The van der Waals surface area contributed by atoms with Crippen LogP contribution in [0.5, 0.6) is 5.75 Å². The van der Waals surface area contributed by atoms with Gasteiger partial charge in [0.15, 0.2) is 0 Å². The Morgan fingerprint density at radius 3 is 2.71 bits per heavy atom. The third-order valence-corrected chi connectivity index (χ3v) is 4.17. The van der Waals surface area contributed by atoms with E-state index in [1.807, 2.05) is 24.3 Å². The van der Waals surface area contributed by atoms with E-state index in [2.05, 4.69) is 10.3 Å². The smallest absolute Gasteiger partial charge is 0.216 e. The molecule has 4 heteroatoms. The van der Waals surface area contributed by atoms with E-state index >= 15 is 0 Å². The van der Waals surface area contributed by atoms with Gasteiger partial charge < -0.3 is 14.8 Å². The Bertz CT molecular complexity index is 464. The lowest BCUT2D eigenvalue weighted by Gasteiger charge is -2.22. The number of nitrogens with one attached hydrogen (secondary N) is 1. The van der Waals surface area contributed by atoms with E-state index in [4.69, 9.17) is 9.47 Å². The first kappa shape index (κ1) is 14.4. The first-order valence-electron chi connectivity index (χ1n) is 8.03. The highest BCUT2D eigenvalue weighted by Crippen LogP contribution is 2.19. The first-order valence-corrected chi connectivity index (χ1v) is 8.03. The quantitative estimate of drug-likeness (QED) is 0.818. The van der Waals surface area contributed by atoms with E-state index in [-0.39, 0.29) is 0 Å². The van der Waals surface area contributed by atoms with E-state index in [0.717, 1.165) is 42.7 Å². The highest BCUT2D eigenvalue weighted by molar-refractivity contribution is 5.94. The zero-order chi connectivity index (χ0) is 14.3. The number of ether oxygens (including phenoxy) is 2. The van der Waals surface area contributed by atoms with E-state index in [1.165, 1.54) is 32.4 Å². The highest BCUT2D eigenvalue weighted by Gasteiger charge is 2.12. The van der Waals surface area contributed by atoms with Crippen LogP contribution >= 0.6 is 0 Å². The molecule has 4 nitrogen and oxygen atoms in total. The van der Waals surface area contributed by atoms with Crippen LogP contribution in [0, 0.1) is 5.92 Å². The summed E-state index contributed by atoms with van der Waals surface area (Å²) in [5, 5.41) is 3.41. The minimum atomic E-state index is 0.699. The molecule has 0 aliphatic carbocycles. The summed E-state index contributed by atoms with van der Waals surface area (Å²) in [5.74, 6) is 2.57. The van der Waals surface area contributed by atoms with Gasteiger partial charge in [0.1, 0.15) is 12.4 Å². The predicted octanol–water partition coefficient (Wildman–Crippen LogP) is 2.62. The van der Waals surface area contributed by atoms with Crippen molar-refractivity contribution in [2.24, 2.45) is 10.9 Å². The van der Waals surface area contributed by atoms with Crippen LogP contribution in [-0.4, -0.2) is 38.7 Å². The monoisotopic (exact) mass is 288 g/mol. The number of benzene rings is 1. The molecule has 0 amide bonds. The summed E-state index contributed by atoms with van der Waals surface area (Å²) >= 11 is 0. The van der Waals surface area contributed by atoms with Gasteiger partial charge in [0.05, 0.1) is 13.2 Å². The van der Waals surface area contributed by atoms with Gasteiger partial charge in [-0.05, 0) is 69.0 Å². The minimum absolute atomic E-state index is 0.699. The molecular formula is C17H24N2O2. The number of hydrogen-bond donors (Lipinski definition) is 1. The number of aliphatic imine (C=N–C) groups is 1. The van der Waals surface area contributed by atoms with Gasteiger partial charge in [0.2, 0.25) is 5.90 Å². The number of nitrogens with zero attached hydrogens (tertiary/aromatic N) is 1. The van der Waals surface area contributed by atoms with Crippen LogP contribution in [0.15, 0.2) is 29.3 Å². The molecule has 0 aromatic heterocycles. The Labute approximate surface area is 126 Å². The van der Waals surface area contributed by atoms with E-state index in [0.29, 0.717) is 6.61 Å². The standard InChI is InChI=1S/C17H24N2O2/c1(2-14-7-9-18-10-8-14)12-20-16-5-3-15(4-6-16)17-19-11-13-21-17/h3-6,14,18H,1-2,7-13H2. The number of rotatable bonds is 6. The number of hydrogen-bond acceptors (Lipinski definition) is 4. The topological polar surface area (TPSA) is 42.9 Å². The molecule has 0 bridgehead atoms. The van der Waals surface area contributed by atoms with Crippen LogP contribution in [-0.2, 0) is 4.74 Å². The minimum Gasteiger partial charge on any atom is -0.494 e. The lowest BCUT2D eigenvalue weighted by atomic mass is 9.93. The molecule has 1 N–H and O–H groups in total. The zero-order valence-corrected chi connectivity index (χ0v) is 12.5. The Kier molecular flexibility index (Phi) is 5.11. The van der Waals surface area contributed by atoms with Crippen LogP contribution in [0.2, 0.25) is 0 Å². The van der Waals surface area contributed by atoms with Gasteiger partial charge in [-0.2, -0.15) is 0 Å². The summed E-state index contributed by atoms with van der Waals surface area (Å²) in [4.78, 5) is 4.31. The predicted molar refractivity (Wildman–Crippen MR) is 84.1 cm³/mol. The van der Waals surface area contributed by atoms with Gasteiger partial charge in [-0.1, -0.05) is 0 Å². The molecule has 1 aromatic rings. The van der Waals surface area contributed by atoms with Crippen molar-refractivity contribution in [2.45, 2.75) is 25.7 Å². The largest absolute Gasteiger partial charge is 0.494 e. The maximum Gasteiger partial charge on any atom is 0.216 e. The van der Waals surface area contributed by atoms with Crippen molar-refractivity contribution in [3.63, 3.8) is 0 Å². The summed E-state index contributed by atoms with van der Waals surface area (Å²) in [7, 11) is 0. The van der Waals surface area contributed by atoms with Crippen molar-refractivity contribution in [3.05, 3.63) is 29.8 Å². The molecule has 2 aliphatic rings. The summed E-state index contributed by atoms with van der Waals surface area (Å²) < 4.78 is 11.3. The maximum atomic E-state index is 5.82. The molecule has 114 valence electrons. The van der Waals surface area contributed by atoms with Crippen LogP contribution in [0.4, 0.5) is 0 Å². The van der Waals surface area contributed by atoms with Crippen LogP contribution < -0.4 is 10.1 Å². The van der Waals surface area contributed by atoms with Crippen molar-refractivity contribution in [3.8, 4) is 5.75 Å². The molecule has 1 aromatic carbocycles. The Balaban J connectivity index is 1.39. The molecule has 1 fully saturated rings. The molecule has 0 saturated carbocycles. The van der Waals surface area contributed by atoms with Crippen LogP contribution in [0.1, 0.15) is 31.2 Å². The summed E-state index contributed by atoms with van der Waals surface area (Å²) in [5.41, 5.74) is 1.04. The van der Waals surface area contributed by atoms with E-state index in [9.17, 15) is 0 Å². The van der Waals surface area contributed by atoms with Gasteiger partial charge in [-0.3, -0.25) is 0 Å². The highest BCUT2D eigenvalue weighted by atomic mass is 16.5. The molecule has 2 heterocycles. The fraction of sp³-hybridized carbons (Fsp3) is 0.588. The average Bonchev–Trinajstić information content (AvgIpc) is 3.08. The fourth-order valence-electron chi connectivity index (χ4n) is 2.94. The number of piperidine rings is 1. The van der Waals surface area contributed by atoms with Crippen molar-refractivity contribution in [1.29, 1.82) is 0 Å². The molecule has 0 atom stereocenters. The molecule has 3 rings (SSSR count). The molecule has 21 heavy (non-hydrogen) atoms.